The lowest BCUT2D eigenvalue weighted by Crippen LogP contribution is -2.34. The van der Waals surface area contributed by atoms with Crippen LogP contribution in [0.5, 0.6) is 0 Å². The minimum Gasteiger partial charge on any atom is -0.401 e. The van der Waals surface area contributed by atoms with Gasteiger partial charge < -0.3 is 4.57 Å². The monoisotopic (exact) mass is 179 g/mol. The van der Waals surface area contributed by atoms with Crippen LogP contribution in [0.2, 0.25) is 13.1 Å². The molecule has 1 nitrogen and oxygen atoms in total. The van der Waals surface area contributed by atoms with Crippen LogP contribution >= 0.6 is 0 Å². The van der Waals surface area contributed by atoms with Crippen LogP contribution < -0.4 is 4.57 Å². The Bertz CT molecular complexity index is 221. The van der Waals surface area contributed by atoms with E-state index in [-0.39, 0.29) is 0 Å². The largest absolute Gasteiger partial charge is 0.401 e. The summed E-state index contributed by atoms with van der Waals surface area (Å²) in [6, 6.07) is 10.7. The summed E-state index contributed by atoms with van der Waals surface area (Å²) in [4.78, 5) is 0. The van der Waals surface area contributed by atoms with Crippen LogP contribution in [0.25, 0.3) is 0 Å². The summed E-state index contributed by atoms with van der Waals surface area (Å²) in [7, 11) is -0.679. The van der Waals surface area contributed by atoms with Crippen molar-refractivity contribution in [3.05, 3.63) is 30.3 Å². The van der Waals surface area contributed by atoms with Gasteiger partial charge in [0, 0.05) is 12.2 Å². The zero-order chi connectivity index (χ0) is 8.97. The molecule has 2 heteroatoms. The number of nitrogens with zero attached hydrogens (tertiary/aromatic N) is 1. The highest BCUT2D eigenvalue weighted by Gasteiger charge is 2.07. The van der Waals surface area contributed by atoms with Crippen molar-refractivity contribution < 1.29 is 0 Å². The summed E-state index contributed by atoms with van der Waals surface area (Å²) in [5.41, 5.74) is 1.38. The fraction of sp³-hybridized carbons (Fsp3) is 0.400. The highest BCUT2D eigenvalue weighted by molar-refractivity contribution is 6.60. The Kier molecular flexibility index (Phi) is 3.35. The maximum absolute atomic E-state index is 2.51. The van der Waals surface area contributed by atoms with Crippen molar-refractivity contribution in [1.29, 1.82) is 0 Å². The Hall–Kier alpha value is -0.763. The maximum atomic E-state index is 2.51. The lowest BCUT2D eigenvalue weighted by Gasteiger charge is -2.26. The lowest BCUT2D eigenvalue weighted by molar-refractivity contribution is 1.07. The maximum Gasteiger partial charge on any atom is 0.134 e. The SMILES string of the molecule is CCN(c1ccccc1)[SiH](C)C. The first-order valence-corrected chi connectivity index (χ1v) is 7.40. The molecule has 66 valence electrons. The molecule has 0 amide bonds. The molecule has 12 heavy (non-hydrogen) atoms. The third-order valence-corrected chi connectivity index (χ3v) is 3.96. The van der Waals surface area contributed by atoms with Gasteiger partial charge in [0.05, 0.1) is 0 Å². The van der Waals surface area contributed by atoms with Crippen LogP contribution in [0.3, 0.4) is 0 Å². The van der Waals surface area contributed by atoms with E-state index >= 15 is 0 Å². The summed E-state index contributed by atoms with van der Waals surface area (Å²) < 4.78 is 2.51. The summed E-state index contributed by atoms with van der Waals surface area (Å²) >= 11 is 0. The smallest absolute Gasteiger partial charge is 0.134 e. The molecule has 0 unspecified atom stereocenters. The van der Waals surface area contributed by atoms with Gasteiger partial charge in [-0.1, -0.05) is 31.3 Å². The molecule has 0 aliphatic rings. The highest BCUT2D eigenvalue weighted by Crippen LogP contribution is 2.13. The number of hydrogen-bond donors (Lipinski definition) is 0. The molecule has 1 aromatic rings. The summed E-state index contributed by atoms with van der Waals surface area (Å²) in [5.74, 6) is 0. The standard InChI is InChI=1S/C10H17NSi/c1-4-11(12(2)3)10-8-6-5-7-9-10/h5-9,12H,4H2,1-3H3. The molecule has 0 bridgehead atoms. The van der Waals surface area contributed by atoms with Gasteiger partial charge in [-0.15, -0.1) is 0 Å². The fourth-order valence-corrected chi connectivity index (χ4v) is 2.96. The number of hydrogen-bond acceptors (Lipinski definition) is 1. The minimum absolute atomic E-state index is 0.679. The van der Waals surface area contributed by atoms with E-state index < -0.39 is 8.96 Å². The molecule has 0 spiro atoms. The van der Waals surface area contributed by atoms with Crippen LogP contribution in [-0.2, 0) is 0 Å². The first-order chi connectivity index (χ1) is 5.75. The predicted molar refractivity (Wildman–Crippen MR) is 58.3 cm³/mol. The van der Waals surface area contributed by atoms with E-state index in [4.69, 9.17) is 0 Å². The fourth-order valence-electron chi connectivity index (χ4n) is 1.47. The van der Waals surface area contributed by atoms with Crippen LogP contribution in [0, 0.1) is 0 Å². The predicted octanol–water partition coefficient (Wildman–Crippen LogP) is 2.50. The van der Waals surface area contributed by atoms with E-state index in [1.165, 1.54) is 5.69 Å². The molecule has 0 heterocycles. The Morgan fingerprint density at radius 1 is 1.17 bits per heavy atom. The van der Waals surface area contributed by atoms with E-state index in [1.807, 2.05) is 0 Å². The molecule has 0 aliphatic heterocycles. The Balaban J connectivity index is 2.80. The molecule has 0 atom stereocenters. The third-order valence-electron chi connectivity index (χ3n) is 2.05. The van der Waals surface area contributed by atoms with Crippen molar-refractivity contribution in [2.45, 2.75) is 20.0 Å². The van der Waals surface area contributed by atoms with Crippen LogP contribution in [-0.4, -0.2) is 15.5 Å². The normalized spacial score (nSPS) is 10.3. The zero-order valence-electron chi connectivity index (χ0n) is 8.12. The van der Waals surface area contributed by atoms with Crippen molar-refractivity contribution in [1.82, 2.24) is 0 Å². The molecule has 0 aliphatic carbocycles. The van der Waals surface area contributed by atoms with Crippen molar-refractivity contribution in [3.63, 3.8) is 0 Å². The first-order valence-electron chi connectivity index (χ1n) is 4.57. The van der Waals surface area contributed by atoms with Gasteiger partial charge in [-0.25, -0.2) is 0 Å². The van der Waals surface area contributed by atoms with Gasteiger partial charge in [0.2, 0.25) is 0 Å². The lowest BCUT2D eigenvalue weighted by atomic mass is 10.3. The average molecular weight is 179 g/mol. The summed E-state index contributed by atoms with van der Waals surface area (Å²) in [5, 5.41) is 0. The first kappa shape index (κ1) is 9.33. The molecule has 0 radical (unpaired) electrons. The molecule has 1 rings (SSSR count). The van der Waals surface area contributed by atoms with E-state index in [9.17, 15) is 0 Å². The topological polar surface area (TPSA) is 3.24 Å². The molecule has 0 N–H and O–H groups in total. The number of rotatable bonds is 3. The summed E-state index contributed by atoms with van der Waals surface area (Å²) in [6.07, 6.45) is 0. The van der Waals surface area contributed by atoms with E-state index in [0.717, 1.165) is 6.54 Å². The third kappa shape index (κ3) is 2.11. The van der Waals surface area contributed by atoms with Crippen molar-refractivity contribution in [2.75, 3.05) is 11.1 Å². The quantitative estimate of drug-likeness (QED) is 0.644. The molecule has 0 aromatic heterocycles. The van der Waals surface area contributed by atoms with Crippen LogP contribution in [0.1, 0.15) is 6.92 Å². The second-order valence-electron chi connectivity index (χ2n) is 3.22. The van der Waals surface area contributed by atoms with Crippen molar-refractivity contribution in [3.8, 4) is 0 Å². The second-order valence-corrected chi connectivity index (χ2v) is 6.03. The Labute approximate surface area is 76.7 Å². The van der Waals surface area contributed by atoms with Gasteiger partial charge >= 0.3 is 0 Å². The van der Waals surface area contributed by atoms with Crippen molar-refractivity contribution >= 4 is 14.6 Å². The molecule has 0 saturated carbocycles. The Morgan fingerprint density at radius 2 is 1.75 bits per heavy atom. The Morgan fingerprint density at radius 3 is 2.17 bits per heavy atom. The molecule has 1 aromatic carbocycles. The van der Waals surface area contributed by atoms with Crippen molar-refractivity contribution in [2.24, 2.45) is 0 Å². The summed E-state index contributed by atoms with van der Waals surface area (Å²) in [6.45, 7) is 8.07. The molecule has 0 fully saturated rings. The second kappa shape index (κ2) is 4.31. The van der Waals surface area contributed by atoms with Crippen LogP contribution in [0.15, 0.2) is 30.3 Å². The minimum atomic E-state index is -0.679. The van der Waals surface area contributed by atoms with Gasteiger partial charge in [-0.2, -0.15) is 0 Å². The average Bonchev–Trinajstić information content (AvgIpc) is 2.07. The van der Waals surface area contributed by atoms with Gasteiger partial charge in [-0.3, -0.25) is 0 Å². The number of benzene rings is 1. The van der Waals surface area contributed by atoms with E-state index in [0.29, 0.717) is 0 Å². The molecular weight excluding hydrogens is 162 g/mol. The molecule has 0 saturated heterocycles. The van der Waals surface area contributed by atoms with Crippen LogP contribution in [0.4, 0.5) is 5.69 Å². The van der Waals surface area contributed by atoms with Gasteiger partial charge in [0.1, 0.15) is 8.96 Å². The van der Waals surface area contributed by atoms with E-state index in [2.05, 4.69) is 54.9 Å². The number of anilines is 1. The van der Waals surface area contributed by atoms with Gasteiger partial charge in [0.15, 0.2) is 0 Å². The van der Waals surface area contributed by atoms with E-state index in [1.54, 1.807) is 0 Å². The van der Waals surface area contributed by atoms with Gasteiger partial charge in [0.25, 0.3) is 0 Å². The van der Waals surface area contributed by atoms with Gasteiger partial charge in [-0.05, 0) is 19.1 Å². The molecular formula is C10H17NSi. The number of para-hydroxylation sites is 1. The highest BCUT2D eigenvalue weighted by atomic mass is 28.3. The zero-order valence-corrected chi connectivity index (χ0v) is 9.27.